The van der Waals surface area contributed by atoms with Crippen LogP contribution in [-0.2, 0) is 0 Å². The molecule has 0 aliphatic rings. The van der Waals surface area contributed by atoms with Gasteiger partial charge in [-0.2, -0.15) is 0 Å². The minimum Gasteiger partial charge on any atom is -0.352 e. The molecule has 0 unspecified atom stereocenters. The highest BCUT2D eigenvalue weighted by Gasteiger charge is 1.68. The zero-order valence-corrected chi connectivity index (χ0v) is 5.50. The standard InChI is InChI=1S/H2N2Si3/c3-1-5-2-4/h1-2H. The van der Waals surface area contributed by atoms with Gasteiger partial charge in [-0.15, -0.1) is 0 Å². The summed E-state index contributed by atoms with van der Waals surface area (Å²) in [6.07, 6.45) is 0. The molecule has 0 saturated heterocycles. The molecule has 0 rings (SSSR count). The van der Waals surface area contributed by atoms with Gasteiger partial charge in [0.05, 0.1) is 0 Å². The van der Waals surface area contributed by atoms with Crippen molar-refractivity contribution in [1.82, 2.24) is 9.30 Å². The van der Waals surface area contributed by atoms with Crippen LogP contribution in [0, 0.1) is 0 Å². The third kappa shape index (κ3) is 4.57. The number of nitrogens with one attached hydrogen (secondary N) is 2. The van der Waals surface area contributed by atoms with Crippen molar-refractivity contribution in [3.05, 3.63) is 0 Å². The molecule has 0 spiro atoms. The Morgan fingerprint density at radius 2 is 1.60 bits per heavy atom. The summed E-state index contributed by atoms with van der Waals surface area (Å²) < 4.78 is 5.38. The quantitative estimate of drug-likeness (QED) is 0.401. The van der Waals surface area contributed by atoms with E-state index in [0.717, 1.165) is 0 Å². The van der Waals surface area contributed by atoms with E-state index in [4.69, 9.17) is 0 Å². The van der Waals surface area contributed by atoms with Crippen LogP contribution >= 0.6 is 0 Å². The average molecular weight is 114 g/mol. The van der Waals surface area contributed by atoms with E-state index in [2.05, 4.69) is 30.1 Å². The molecule has 0 aliphatic carbocycles. The monoisotopic (exact) mass is 114 g/mol. The topological polar surface area (TPSA) is 24.1 Å². The molecule has 0 bridgehead atoms. The van der Waals surface area contributed by atoms with Crippen LogP contribution in [0.4, 0.5) is 0 Å². The van der Waals surface area contributed by atoms with Crippen molar-refractivity contribution < 1.29 is 0 Å². The number of hydrogen-bond donors (Lipinski definition) is 2. The minimum atomic E-state index is 0.525. The molecule has 0 aromatic rings. The van der Waals surface area contributed by atoms with E-state index in [0.29, 0.717) is 9.84 Å². The highest BCUT2D eigenvalue weighted by molar-refractivity contribution is 6.46. The molecule has 0 aromatic carbocycles. The maximum atomic E-state index is 3.02. The smallest absolute Gasteiger partial charge is 0.229 e. The van der Waals surface area contributed by atoms with Crippen LogP contribution in [0.2, 0.25) is 0 Å². The van der Waals surface area contributed by atoms with Gasteiger partial charge in [0.1, 0.15) is 20.8 Å². The molecule has 0 aliphatic heterocycles. The van der Waals surface area contributed by atoms with Crippen LogP contribution in [0.5, 0.6) is 0 Å². The summed E-state index contributed by atoms with van der Waals surface area (Å²) in [5.41, 5.74) is 0. The first-order valence-corrected chi connectivity index (χ1v) is 3.00. The molecule has 0 amide bonds. The average Bonchev–Trinajstić information content (AvgIpc) is 1.41. The third-order valence-electron chi connectivity index (χ3n) is 0.125. The Morgan fingerprint density at radius 1 is 1.20 bits per heavy atom. The fraction of sp³-hybridized carbons (Fsp3) is 0. The summed E-state index contributed by atoms with van der Waals surface area (Å²) in [6, 6.07) is 0. The van der Waals surface area contributed by atoms with Crippen LogP contribution in [0.1, 0.15) is 0 Å². The summed E-state index contributed by atoms with van der Waals surface area (Å²) in [6.45, 7) is 0. The van der Waals surface area contributed by atoms with Gasteiger partial charge in [-0.1, -0.05) is 0 Å². The summed E-state index contributed by atoms with van der Waals surface area (Å²) >= 11 is 0. The fourth-order valence-electron chi connectivity index (χ4n) is 0.0312. The molecule has 8 radical (unpaired) electrons. The largest absolute Gasteiger partial charge is 0.352 e. The lowest BCUT2D eigenvalue weighted by molar-refractivity contribution is 1.47. The normalized spacial score (nSPS) is 8.40. The predicted molar refractivity (Wildman–Crippen MR) is 23.5 cm³/mol. The van der Waals surface area contributed by atoms with E-state index in [1.165, 1.54) is 0 Å². The lowest BCUT2D eigenvalue weighted by atomic mass is 13.8. The first-order chi connectivity index (χ1) is 2.41. The van der Waals surface area contributed by atoms with Crippen LogP contribution < -0.4 is 9.30 Å². The van der Waals surface area contributed by atoms with Crippen LogP contribution in [-0.4, -0.2) is 30.7 Å². The van der Waals surface area contributed by atoms with Crippen LogP contribution in [0.3, 0.4) is 0 Å². The molecule has 2 N–H and O–H groups in total. The Labute approximate surface area is 40.7 Å². The number of rotatable bonds is 2. The van der Waals surface area contributed by atoms with Crippen LogP contribution in [0.25, 0.3) is 0 Å². The third-order valence-corrected chi connectivity index (χ3v) is 1.12. The second-order valence-electron chi connectivity index (χ2n) is 0.375. The predicted octanol–water partition coefficient (Wildman–Crippen LogP) is -2.13. The Kier molecular flexibility index (Phi) is 5.09. The lowest BCUT2D eigenvalue weighted by Gasteiger charge is -1.83. The van der Waals surface area contributed by atoms with E-state index in [1.807, 2.05) is 0 Å². The maximum absolute atomic E-state index is 3.02. The molecule has 5 heteroatoms. The summed E-state index contributed by atoms with van der Waals surface area (Å²) in [5.74, 6) is 0. The van der Waals surface area contributed by atoms with Crippen molar-refractivity contribution in [2.75, 3.05) is 0 Å². The van der Waals surface area contributed by atoms with E-state index >= 15 is 0 Å². The van der Waals surface area contributed by atoms with Crippen molar-refractivity contribution in [2.45, 2.75) is 0 Å². The highest BCUT2D eigenvalue weighted by Crippen LogP contribution is 1.20. The Morgan fingerprint density at radius 3 is 1.60 bits per heavy atom. The molecular weight excluding hydrogens is 112 g/mol. The van der Waals surface area contributed by atoms with Gasteiger partial charge in [0.25, 0.3) is 0 Å². The van der Waals surface area contributed by atoms with Crippen molar-refractivity contribution in [3.63, 3.8) is 0 Å². The van der Waals surface area contributed by atoms with Gasteiger partial charge in [0, 0.05) is 0 Å². The van der Waals surface area contributed by atoms with Gasteiger partial charge in [-0.3, -0.25) is 0 Å². The molecule has 24 valence electrons. The first-order valence-electron chi connectivity index (χ1n) is 1.00. The SMILES string of the molecule is [Si]N[Si]N[Si]. The van der Waals surface area contributed by atoms with Gasteiger partial charge in [-0.25, -0.2) is 0 Å². The second-order valence-corrected chi connectivity index (χ2v) is 2.62. The Balaban J connectivity index is 2.19. The van der Waals surface area contributed by atoms with Gasteiger partial charge in [0.15, 0.2) is 0 Å². The zero-order chi connectivity index (χ0) is 4.12. The molecule has 0 fully saturated rings. The van der Waals surface area contributed by atoms with E-state index < -0.39 is 0 Å². The van der Waals surface area contributed by atoms with Crippen LogP contribution in [0.15, 0.2) is 0 Å². The summed E-state index contributed by atoms with van der Waals surface area (Å²) in [4.78, 5) is 0. The number of hydrogen-bond acceptors (Lipinski definition) is 2. The molecule has 5 heavy (non-hydrogen) atoms. The van der Waals surface area contributed by atoms with Crippen molar-refractivity contribution >= 4 is 30.7 Å². The Bertz CT molecular complexity index is 12.4. The second kappa shape index (κ2) is 4.57. The molecule has 0 saturated carbocycles. The zero-order valence-electron chi connectivity index (χ0n) is 2.50. The fourth-order valence-corrected chi connectivity index (χ4v) is 0.844. The van der Waals surface area contributed by atoms with Gasteiger partial charge in [0.2, 0.25) is 9.84 Å². The van der Waals surface area contributed by atoms with E-state index in [-0.39, 0.29) is 0 Å². The Hall–Kier alpha value is 0.571. The highest BCUT2D eigenvalue weighted by atomic mass is 28.3. The lowest BCUT2D eigenvalue weighted by Crippen LogP contribution is -2.28. The van der Waals surface area contributed by atoms with Gasteiger partial charge < -0.3 is 9.30 Å². The first kappa shape index (κ1) is 5.57. The van der Waals surface area contributed by atoms with E-state index in [9.17, 15) is 0 Å². The molecule has 2 nitrogen and oxygen atoms in total. The molecule has 0 atom stereocenters. The minimum absolute atomic E-state index is 0.525. The summed E-state index contributed by atoms with van der Waals surface area (Å²) in [5, 5.41) is 0. The van der Waals surface area contributed by atoms with Crippen molar-refractivity contribution in [1.29, 1.82) is 0 Å². The summed E-state index contributed by atoms with van der Waals surface area (Å²) in [7, 11) is 6.56. The van der Waals surface area contributed by atoms with Crippen molar-refractivity contribution in [3.8, 4) is 0 Å². The molecule has 0 heterocycles. The van der Waals surface area contributed by atoms with Gasteiger partial charge >= 0.3 is 0 Å². The van der Waals surface area contributed by atoms with E-state index in [1.54, 1.807) is 0 Å². The molecular formula is H2N2Si3. The van der Waals surface area contributed by atoms with Gasteiger partial charge in [-0.05, 0) is 0 Å². The molecule has 0 aromatic heterocycles. The van der Waals surface area contributed by atoms with Crippen molar-refractivity contribution in [2.24, 2.45) is 0 Å². The maximum Gasteiger partial charge on any atom is 0.229 e.